The molecule has 0 rings (SSSR count). The van der Waals surface area contributed by atoms with Gasteiger partial charge in [0, 0.05) is 18.8 Å². The summed E-state index contributed by atoms with van der Waals surface area (Å²) in [7, 11) is 1.38. The molecule has 1 N–H and O–H groups in total. The fraction of sp³-hybridized carbons (Fsp3) is 0.917. The Morgan fingerprint density at radius 2 is 1.44 bits per heavy atom. The minimum absolute atomic E-state index is 0.183. The largest absolute Gasteiger partial charge is 0.286 e. The lowest BCUT2D eigenvalue weighted by Gasteiger charge is -2.07. The molecule has 0 aromatic carbocycles. The Balaban J connectivity index is 3.07. The lowest BCUT2D eigenvalue weighted by molar-refractivity contribution is -0.159. The molecule has 1 amide bonds. The standard InChI is InChI=1S/C12H24BrNO2/c1-14(16)12(15)10-8-6-4-2-3-5-7-9-11-13/h16H,2-11H2,1H3. The van der Waals surface area contributed by atoms with Crippen molar-refractivity contribution in [2.24, 2.45) is 0 Å². The molecule has 0 aliphatic rings. The van der Waals surface area contributed by atoms with Crippen molar-refractivity contribution in [3.05, 3.63) is 0 Å². The van der Waals surface area contributed by atoms with E-state index in [0.29, 0.717) is 11.5 Å². The van der Waals surface area contributed by atoms with Crippen LogP contribution >= 0.6 is 15.9 Å². The van der Waals surface area contributed by atoms with Gasteiger partial charge >= 0.3 is 0 Å². The summed E-state index contributed by atoms with van der Waals surface area (Å²) in [6, 6.07) is 0. The molecule has 0 fully saturated rings. The maximum absolute atomic E-state index is 11.0. The molecule has 0 aromatic rings. The lowest BCUT2D eigenvalue weighted by Crippen LogP contribution is -2.21. The highest BCUT2D eigenvalue weighted by Gasteiger charge is 2.03. The third-order valence-electron chi connectivity index (χ3n) is 2.64. The predicted molar refractivity (Wildman–Crippen MR) is 69.9 cm³/mol. The molecule has 0 saturated heterocycles. The third-order valence-corrected chi connectivity index (χ3v) is 3.20. The molecule has 0 spiro atoms. The summed E-state index contributed by atoms with van der Waals surface area (Å²) in [5, 5.41) is 10.6. The van der Waals surface area contributed by atoms with Crippen molar-refractivity contribution in [2.75, 3.05) is 12.4 Å². The molecule has 3 nitrogen and oxygen atoms in total. The average molecular weight is 294 g/mol. The molecule has 4 heteroatoms. The molecule has 0 saturated carbocycles. The average Bonchev–Trinajstić information content (AvgIpc) is 2.26. The Labute approximate surface area is 107 Å². The summed E-state index contributed by atoms with van der Waals surface area (Å²) in [4.78, 5) is 11.0. The van der Waals surface area contributed by atoms with E-state index in [0.717, 1.165) is 18.2 Å². The minimum Gasteiger partial charge on any atom is -0.286 e. The van der Waals surface area contributed by atoms with Crippen molar-refractivity contribution in [1.82, 2.24) is 5.06 Å². The van der Waals surface area contributed by atoms with Crippen LogP contribution in [0.3, 0.4) is 0 Å². The Morgan fingerprint density at radius 3 is 1.88 bits per heavy atom. The van der Waals surface area contributed by atoms with E-state index in [1.807, 2.05) is 0 Å². The van der Waals surface area contributed by atoms with Crippen molar-refractivity contribution in [3.8, 4) is 0 Å². The summed E-state index contributed by atoms with van der Waals surface area (Å²) in [5.74, 6) is -0.183. The SMILES string of the molecule is CN(O)C(=O)CCCCCCCCCCBr. The van der Waals surface area contributed by atoms with Gasteiger partial charge in [0.15, 0.2) is 0 Å². The molecule has 16 heavy (non-hydrogen) atoms. The van der Waals surface area contributed by atoms with E-state index < -0.39 is 0 Å². The van der Waals surface area contributed by atoms with Gasteiger partial charge in [0.25, 0.3) is 0 Å². The zero-order valence-electron chi connectivity index (χ0n) is 10.3. The minimum atomic E-state index is -0.183. The van der Waals surface area contributed by atoms with Crippen molar-refractivity contribution >= 4 is 21.8 Å². The quantitative estimate of drug-likeness (QED) is 0.288. The molecule has 0 radical (unpaired) electrons. The van der Waals surface area contributed by atoms with Crippen LogP contribution in [0.25, 0.3) is 0 Å². The van der Waals surface area contributed by atoms with E-state index in [1.54, 1.807) is 0 Å². The van der Waals surface area contributed by atoms with Crippen LogP contribution in [0.2, 0.25) is 0 Å². The summed E-state index contributed by atoms with van der Waals surface area (Å²) in [6.45, 7) is 0. The maximum Gasteiger partial charge on any atom is 0.245 e. The Morgan fingerprint density at radius 1 is 1.00 bits per heavy atom. The summed E-state index contributed by atoms with van der Waals surface area (Å²) in [5.41, 5.74) is 0. The number of amides is 1. The van der Waals surface area contributed by atoms with Crippen molar-refractivity contribution in [2.45, 2.75) is 57.8 Å². The number of carbonyl (C=O) groups is 1. The summed E-state index contributed by atoms with van der Waals surface area (Å²) in [6.07, 6.45) is 10.2. The fourth-order valence-corrected chi connectivity index (χ4v) is 1.99. The highest BCUT2D eigenvalue weighted by Crippen LogP contribution is 2.10. The van der Waals surface area contributed by atoms with Crippen LogP contribution < -0.4 is 0 Å². The number of hydrogen-bond donors (Lipinski definition) is 1. The molecule has 0 heterocycles. The van der Waals surface area contributed by atoms with Gasteiger partial charge in [-0.3, -0.25) is 10.0 Å². The first-order chi connectivity index (χ1) is 7.68. The normalized spacial score (nSPS) is 10.4. The Hall–Kier alpha value is -0.0900. The second kappa shape index (κ2) is 11.4. The predicted octanol–water partition coefficient (Wildman–Crippen LogP) is 3.74. The highest BCUT2D eigenvalue weighted by molar-refractivity contribution is 9.09. The number of halogens is 1. The zero-order valence-corrected chi connectivity index (χ0v) is 11.8. The van der Waals surface area contributed by atoms with E-state index >= 15 is 0 Å². The van der Waals surface area contributed by atoms with Crippen molar-refractivity contribution in [1.29, 1.82) is 0 Å². The van der Waals surface area contributed by atoms with E-state index in [1.165, 1.54) is 45.6 Å². The molecular weight excluding hydrogens is 270 g/mol. The van der Waals surface area contributed by atoms with Gasteiger partial charge < -0.3 is 0 Å². The van der Waals surface area contributed by atoms with E-state index in [-0.39, 0.29) is 5.91 Å². The van der Waals surface area contributed by atoms with Gasteiger partial charge in [-0.1, -0.05) is 54.5 Å². The Bertz CT molecular complexity index is 174. The number of carbonyl (C=O) groups excluding carboxylic acids is 1. The second-order valence-corrected chi connectivity index (χ2v) is 4.98. The van der Waals surface area contributed by atoms with Gasteiger partial charge in [0.1, 0.15) is 0 Å². The summed E-state index contributed by atoms with van der Waals surface area (Å²) >= 11 is 3.42. The van der Waals surface area contributed by atoms with Gasteiger partial charge in [-0.25, -0.2) is 5.06 Å². The second-order valence-electron chi connectivity index (χ2n) is 4.18. The van der Waals surface area contributed by atoms with Crippen LogP contribution in [-0.4, -0.2) is 28.6 Å². The van der Waals surface area contributed by atoms with Crippen LogP contribution in [0.5, 0.6) is 0 Å². The summed E-state index contributed by atoms with van der Waals surface area (Å²) < 4.78 is 0. The highest BCUT2D eigenvalue weighted by atomic mass is 79.9. The van der Waals surface area contributed by atoms with Crippen molar-refractivity contribution < 1.29 is 10.0 Å². The smallest absolute Gasteiger partial charge is 0.245 e. The molecule has 0 aromatic heterocycles. The van der Waals surface area contributed by atoms with Crippen LogP contribution in [0.1, 0.15) is 57.8 Å². The molecule has 0 aliphatic carbocycles. The lowest BCUT2D eigenvalue weighted by atomic mass is 10.1. The van der Waals surface area contributed by atoms with Crippen LogP contribution in [-0.2, 0) is 4.79 Å². The fourth-order valence-electron chi connectivity index (χ4n) is 1.59. The first-order valence-corrected chi connectivity index (χ1v) is 7.32. The first-order valence-electron chi connectivity index (χ1n) is 6.20. The molecular formula is C12H24BrNO2. The van der Waals surface area contributed by atoms with E-state index in [2.05, 4.69) is 15.9 Å². The van der Waals surface area contributed by atoms with Gasteiger partial charge in [0.2, 0.25) is 5.91 Å². The number of hydroxylamine groups is 2. The van der Waals surface area contributed by atoms with Gasteiger partial charge in [0.05, 0.1) is 0 Å². The van der Waals surface area contributed by atoms with Gasteiger partial charge in [-0.15, -0.1) is 0 Å². The van der Waals surface area contributed by atoms with Gasteiger partial charge in [-0.2, -0.15) is 0 Å². The maximum atomic E-state index is 11.0. The number of unbranched alkanes of at least 4 members (excludes halogenated alkanes) is 7. The van der Waals surface area contributed by atoms with Crippen LogP contribution in [0.15, 0.2) is 0 Å². The molecule has 0 bridgehead atoms. The van der Waals surface area contributed by atoms with Gasteiger partial charge in [-0.05, 0) is 12.8 Å². The Kier molecular flexibility index (Phi) is 11.3. The molecule has 96 valence electrons. The van der Waals surface area contributed by atoms with Crippen LogP contribution in [0, 0.1) is 0 Å². The van der Waals surface area contributed by atoms with E-state index in [9.17, 15) is 4.79 Å². The number of nitrogens with zero attached hydrogens (tertiary/aromatic N) is 1. The van der Waals surface area contributed by atoms with Crippen molar-refractivity contribution in [3.63, 3.8) is 0 Å². The molecule has 0 unspecified atom stereocenters. The number of hydrogen-bond acceptors (Lipinski definition) is 2. The number of rotatable bonds is 10. The third kappa shape index (κ3) is 10.4. The monoisotopic (exact) mass is 293 g/mol. The topological polar surface area (TPSA) is 40.5 Å². The number of alkyl halides is 1. The molecule has 0 aliphatic heterocycles. The van der Waals surface area contributed by atoms with E-state index in [4.69, 9.17) is 5.21 Å². The molecule has 0 atom stereocenters. The zero-order chi connectivity index (χ0) is 12.2. The first kappa shape index (κ1) is 15.9. The van der Waals surface area contributed by atoms with Crippen LogP contribution in [0.4, 0.5) is 0 Å².